The van der Waals surface area contributed by atoms with E-state index in [1.54, 1.807) is 0 Å². The van der Waals surface area contributed by atoms with Crippen molar-refractivity contribution in [3.05, 3.63) is 140 Å². The highest BCUT2D eigenvalue weighted by Gasteiger charge is 2.18. The van der Waals surface area contributed by atoms with Crippen LogP contribution in [0.1, 0.15) is 0 Å². The third-order valence-corrected chi connectivity index (χ3v) is 8.99. The smallest absolute Gasteiger partial charge is 0.228 e. The third kappa shape index (κ3) is 3.22. The average Bonchev–Trinajstić information content (AvgIpc) is 3.66. The predicted octanol–water partition coefficient (Wildman–Crippen LogP) is 10.6. The summed E-state index contributed by atoms with van der Waals surface area (Å²) in [5.74, 6) is 0. The molecule has 0 saturated carbocycles. The lowest BCUT2D eigenvalue weighted by molar-refractivity contribution is 0.656. The molecule has 0 radical (unpaired) electrons. The second-order valence-corrected chi connectivity index (χ2v) is 11.4. The molecule has 10 aromatic rings. The summed E-state index contributed by atoms with van der Waals surface area (Å²) in [4.78, 5) is 9.91. The fourth-order valence-corrected chi connectivity index (χ4v) is 7.00. The highest BCUT2D eigenvalue weighted by atomic mass is 16.3. The summed E-state index contributed by atoms with van der Waals surface area (Å²) in [6.45, 7) is 0. The molecule has 4 nitrogen and oxygen atoms in total. The number of furan rings is 1. The van der Waals surface area contributed by atoms with E-state index in [1.165, 1.54) is 21.9 Å². The van der Waals surface area contributed by atoms with Crippen LogP contribution in [0.5, 0.6) is 0 Å². The molecule has 0 amide bonds. The van der Waals surface area contributed by atoms with Crippen molar-refractivity contribution in [2.75, 3.05) is 0 Å². The first kappa shape index (κ1) is 23.6. The summed E-state index contributed by atoms with van der Waals surface area (Å²) in [5.41, 5.74) is 11.4. The fraction of sp³-hybridized carbons (Fsp3) is 0. The van der Waals surface area contributed by atoms with Crippen LogP contribution in [0.4, 0.5) is 0 Å². The van der Waals surface area contributed by atoms with Crippen LogP contribution in [0.2, 0.25) is 0 Å². The summed E-state index contributed by atoms with van der Waals surface area (Å²) in [5, 5.41) is 6.84. The van der Waals surface area contributed by atoms with Crippen molar-refractivity contribution in [1.29, 1.82) is 0 Å². The molecule has 0 bridgehead atoms. The molecule has 4 heterocycles. The molecular weight excluding hydrogens is 538 g/mol. The third-order valence-electron chi connectivity index (χ3n) is 8.99. The predicted molar refractivity (Wildman–Crippen MR) is 181 cm³/mol. The van der Waals surface area contributed by atoms with Gasteiger partial charge in [0.25, 0.3) is 0 Å². The van der Waals surface area contributed by atoms with Crippen LogP contribution in [-0.4, -0.2) is 14.4 Å². The first-order valence-corrected chi connectivity index (χ1v) is 14.8. The van der Waals surface area contributed by atoms with E-state index in [-0.39, 0.29) is 0 Å². The Labute approximate surface area is 251 Å². The van der Waals surface area contributed by atoms with Gasteiger partial charge >= 0.3 is 0 Å². The molecule has 4 heteroatoms. The van der Waals surface area contributed by atoms with Crippen molar-refractivity contribution < 1.29 is 4.42 Å². The standard InChI is InChI=1S/C40H23N3O/c1-2-10-28-27(9-1)31-23-26(21-22-34(31)43-35-15-7-6-14-33(35)41-39(28)43)24-17-19-25(20-18-24)37-29-11-3-5-13-32(29)42-40-38(37)30-12-4-8-16-36(30)44-40/h1-23H. The molecule has 4 aromatic heterocycles. The number of benzene rings is 6. The molecule has 10 rings (SSSR count). The number of nitrogens with zero attached hydrogens (tertiary/aromatic N) is 3. The molecule has 0 fully saturated rings. The van der Waals surface area contributed by atoms with E-state index in [0.29, 0.717) is 5.71 Å². The Morgan fingerprint density at radius 1 is 0.455 bits per heavy atom. The van der Waals surface area contributed by atoms with Crippen LogP contribution in [0.3, 0.4) is 0 Å². The van der Waals surface area contributed by atoms with Gasteiger partial charge < -0.3 is 4.42 Å². The molecule has 0 unspecified atom stereocenters. The van der Waals surface area contributed by atoms with Crippen LogP contribution in [0.25, 0.3) is 93.6 Å². The molecule has 0 aliphatic rings. The van der Waals surface area contributed by atoms with E-state index in [2.05, 4.69) is 126 Å². The van der Waals surface area contributed by atoms with Crippen molar-refractivity contribution in [3.63, 3.8) is 0 Å². The minimum absolute atomic E-state index is 0.670. The van der Waals surface area contributed by atoms with Gasteiger partial charge in [0.05, 0.1) is 27.5 Å². The molecule has 0 N–H and O–H groups in total. The van der Waals surface area contributed by atoms with Gasteiger partial charge in [-0.1, -0.05) is 103 Å². The summed E-state index contributed by atoms with van der Waals surface area (Å²) >= 11 is 0. The van der Waals surface area contributed by atoms with Gasteiger partial charge in [0.2, 0.25) is 5.71 Å². The maximum Gasteiger partial charge on any atom is 0.228 e. The van der Waals surface area contributed by atoms with Crippen molar-refractivity contribution in [2.45, 2.75) is 0 Å². The zero-order valence-electron chi connectivity index (χ0n) is 23.5. The number of hydrogen-bond acceptors (Lipinski definition) is 3. The maximum absolute atomic E-state index is 6.23. The van der Waals surface area contributed by atoms with E-state index in [1.807, 2.05) is 18.2 Å². The number of rotatable bonds is 2. The van der Waals surface area contributed by atoms with Gasteiger partial charge in [0.1, 0.15) is 11.2 Å². The zero-order chi connectivity index (χ0) is 28.8. The van der Waals surface area contributed by atoms with Gasteiger partial charge in [0, 0.05) is 27.1 Å². The van der Waals surface area contributed by atoms with Crippen LogP contribution < -0.4 is 0 Å². The average molecular weight is 562 g/mol. The van der Waals surface area contributed by atoms with Crippen LogP contribution in [0, 0.1) is 0 Å². The Hall–Kier alpha value is -6.00. The number of para-hydroxylation sites is 4. The molecule has 0 spiro atoms. The van der Waals surface area contributed by atoms with Crippen molar-refractivity contribution in [1.82, 2.24) is 14.4 Å². The molecule has 204 valence electrons. The van der Waals surface area contributed by atoms with Crippen LogP contribution in [0.15, 0.2) is 144 Å². The van der Waals surface area contributed by atoms with Crippen molar-refractivity contribution >= 4 is 71.3 Å². The van der Waals surface area contributed by atoms with Crippen molar-refractivity contribution in [2.24, 2.45) is 0 Å². The summed E-state index contributed by atoms with van der Waals surface area (Å²) in [7, 11) is 0. The van der Waals surface area contributed by atoms with E-state index in [4.69, 9.17) is 14.4 Å². The Bertz CT molecular complexity index is 2770. The number of hydrogen-bond donors (Lipinski definition) is 0. The largest absolute Gasteiger partial charge is 0.438 e. The van der Waals surface area contributed by atoms with Gasteiger partial charge in [-0.25, -0.2) is 9.97 Å². The molecule has 6 aromatic carbocycles. The fourth-order valence-electron chi connectivity index (χ4n) is 7.00. The minimum Gasteiger partial charge on any atom is -0.438 e. The highest BCUT2D eigenvalue weighted by Crippen LogP contribution is 2.41. The van der Waals surface area contributed by atoms with Crippen LogP contribution in [-0.2, 0) is 0 Å². The van der Waals surface area contributed by atoms with E-state index in [0.717, 1.165) is 66.0 Å². The Kier molecular flexibility index (Phi) is 4.69. The normalized spacial score (nSPS) is 12.1. The lowest BCUT2D eigenvalue weighted by Gasteiger charge is -2.12. The minimum atomic E-state index is 0.670. The van der Waals surface area contributed by atoms with E-state index in [9.17, 15) is 0 Å². The second kappa shape index (κ2) is 8.76. The highest BCUT2D eigenvalue weighted by molar-refractivity contribution is 6.19. The SMILES string of the molecule is c1ccc2c(-c3ccc(-c4ccc5c(c4)c4ccccc4c4nc6ccccc6n54)cc3)c3c(nc2c1)oc1ccccc13. The first-order chi connectivity index (χ1) is 21.8. The summed E-state index contributed by atoms with van der Waals surface area (Å²) in [6.07, 6.45) is 0. The summed E-state index contributed by atoms with van der Waals surface area (Å²) < 4.78 is 8.53. The van der Waals surface area contributed by atoms with E-state index >= 15 is 0 Å². The van der Waals surface area contributed by atoms with Gasteiger partial charge in [-0.3, -0.25) is 4.40 Å². The number of imidazole rings is 1. The van der Waals surface area contributed by atoms with Gasteiger partial charge in [-0.05, 0) is 58.5 Å². The van der Waals surface area contributed by atoms with Gasteiger partial charge in [-0.2, -0.15) is 0 Å². The maximum atomic E-state index is 6.23. The molecule has 0 aliphatic heterocycles. The summed E-state index contributed by atoms with van der Waals surface area (Å²) in [6, 6.07) is 49.2. The van der Waals surface area contributed by atoms with Gasteiger partial charge in [0.15, 0.2) is 0 Å². The molecule has 0 atom stereocenters. The Morgan fingerprint density at radius 3 is 1.98 bits per heavy atom. The molecular formula is C40H23N3O. The second-order valence-electron chi connectivity index (χ2n) is 11.4. The Morgan fingerprint density at radius 2 is 1.11 bits per heavy atom. The molecule has 0 saturated heterocycles. The quantitative estimate of drug-likeness (QED) is 0.197. The topological polar surface area (TPSA) is 43.3 Å². The van der Waals surface area contributed by atoms with Crippen molar-refractivity contribution in [3.8, 4) is 22.3 Å². The number of pyridine rings is 2. The lowest BCUT2D eigenvalue weighted by atomic mass is 9.94. The zero-order valence-corrected chi connectivity index (χ0v) is 23.5. The Balaban J connectivity index is 1.19. The van der Waals surface area contributed by atoms with Crippen LogP contribution >= 0.6 is 0 Å². The number of aromatic nitrogens is 3. The van der Waals surface area contributed by atoms with Gasteiger partial charge in [-0.15, -0.1) is 0 Å². The lowest BCUT2D eigenvalue weighted by Crippen LogP contribution is -1.92. The first-order valence-electron chi connectivity index (χ1n) is 14.8. The molecule has 0 aliphatic carbocycles. The number of fused-ring (bicyclic) bond motifs is 12. The van der Waals surface area contributed by atoms with E-state index < -0.39 is 0 Å². The molecule has 44 heavy (non-hydrogen) atoms. The monoisotopic (exact) mass is 561 g/mol.